The molecule has 0 aliphatic rings. The van der Waals surface area contributed by atoms with Crippen LogP contribution in [0.5, 0.6) is 0 Å². The molecule has 0 saturated heterocycles. The third-order valence-electron chi connectivity index (χ3n) is 2.58. The fraction of sp³-hybridized carbons (Fsp3) is 0.0714. The van der Waals surface area contributed by atoms with Crippen LogP contribution in [0.2, 0.25) is 0 Å². The maximum absolute atomic E-state index is 12.1. The highest BCUT2D eigenvalue weighted by Gasteiger charge is 2.25. The average molecular weight is 260 g/mol. The fourth-order valence-corrected chi connectivity index (χ4v) is 2.73. The molecule has 0 aromatic heterocycles. The Bertz CT molecular complexity index is 656. The Morgan fingerprint density at radius 3 is 2.00 bits per heavy atom. The van der Waals surface area contributed by atoms with Gasteiger partial charge in [-0.05, 0) is 19.1 Å². The zero-order valence-corrected chi connectivity index (χ0v) is 10.6. The highest BCUT2D eigenvalue weighted by molar-refractivity contribution is 8.06. The average Bonchev–Trinajstić information content (AvgIpc) is 2.40. The lowest BCUT2D eigenvalue weighted by molar-refractivity contribution is 0.107. The van der Waals surface area contributed by atoms with E-state index in [0.717, 1.165) is 5.56 Å². The van der Waals surface area contributed by atoms with Crippen LogP contribution in [0.4, 0.5) is 0 Å². The van der Waals surface area contributed by atoms with Crippen molar-refractivity contribution in [2.24, 2.45) is 0 Å². The van der Waals surface area contributed by atoms with Gasteiger partial charge in [-0.25, -0.2) is 8.42 Å². The molecule has 0 N–H and O–H groups in total. The molecule has 18 heavy (non-hydrogen) atoms. The minimum atomic E-state index is -3.94. The Morgan fingerprint density at radius 1 is 0.889 bits per heavy atom. The van der Waals surface area contributed by atoms with Crippen molar-refractivity contribution >= 4 is 15.0 Å². The van der Waals surface area contributed by atoms with Crippen LogP contribution in [0.3, 0.4) is 0 Å². The van der Waals surface area contributed by atoms with Crippen LogP contribution in [-0.2, 0) is 9.84 Å². The monoisotopic (exact) mass is 260 g/mol. The summed E-state index contributed by atoms with van der Waals surface area (Å²) in [6, 6.07) is 14.2. The van der Waals surface area contributed by atoms with Gasteiger partial charge >= 0.3 is 0 Å². The maximum atomic E-state index is 12.1. The second-order valence-electron chi connectivity index (χ2n) is 3.97. The summed E-state index contributed by atoms with van der Waals surface area (Å²) in [4.78, 5) is 12.0. The van der Waals surface area contributed by atoms with Gasteiger partial charge in [-0.1, -0.05) is 48.0 Å². The summed E-state index contributed by atoms with van der Waals surface area (Å²) in [7, 11) is -3.94. The predicted molar refractivity (Wildman–Crippen MR) is 69.1 cm³/mol. The van der Waals surface area contributed by atoms with Crippen LogP contribution in [0.15, 0.2) is 59.5 Å². The lowest BCUT2D eigenvalue weighted by Crippen LogP contribution is -2.15. The number of carbonyl (C=O) groups is 1. The van der Waals surface area contributed by atoms with Gasteiger partial charge in [0.15, 0.2) is 0 Å². The van der Waals surface area contributed by atoms with Crippen molar-refractivity contribution in [3.05, 3.63) is 65.7 Å². The maximum Gasteiger partial charge on any atom is 0.281 e. The first-order valence-electron chi connectivity index (χ1n) is 5.43. The van der Waals surface area contributed by atoms with Crippen LogP contribution < -0.4 is 0 Å². The van der Waals surface area contributed by atoms with Gasteiger partial charge in [0.05, 0.1) is 4.90 Å². The van der Waals surface area contributed by atoms with Gasteiger partial charge in [-0.15, -0.1) is 0 Å². The van der Waals surface area contributed by atoms with Crippen LogP contribution in [0, 0.1) is 6.92 Å². The molecule has 92 valence electrons. The van der Waals surface area contributed by atoms with Crippen molar-refractivity contribution in [2.75, 3.05) is 0 Å². The molecule has 2 rings (SSSR count). The molecular weight excluding hydrogens is 248 g/mol. The largest absolute Gasteiger partial charge is 0.281 e. The SMILES string of the molecule is Cc1ccc(C(=O)S(=O)(=O)c2ccccc2)cc1. The summed E-state index contributed by atoms with van der Waals surface area (Å²) in [5.41, 5.74) is 1.16. The van der Waals surface area contributed by atoms with Gasteiger partial charge < -0.3 is 0 Å². The second kappa shape index (κ2) is 4.74. The molecule has 0 saturated carbocycles. The summed E-state index contributed by atoms with van der Waals surface area (Å²) < 4.78 is 24.1. The van der Waals surface area contributed by atoms with Crippen LogP contribution in [-0.4, -0.2) is 13.5 Å². The van der Waals surface area contributed by atoms with Crippen molar-refractivity contribution in [3.8, 4) is 0 Å². The first-order chi connectivity index (χ1) is 8.51. The van der Waals surface area contributed by atoms with E-state index in [9.17, 15) is 13.2 Å². The number of benzene rings is 2. The predicted octanol–water partition coefficient (Wildman–Crippen LogP) is 2.61. The molecule has 2 aromatic carbocycles. The van der Waals surface area contributed by atoms with Crippen molar-refractivity contribution in [3.63, 3.8) is 0 Å². The molecule has 0 radical (unpaired) electrons. The lowest BCUT2D eigenvalue weighted by atomic mass is 10.2. The molecule has 4 heteroatoms. The number of hydrogen-bond acceptors (Lipinski definition) is 3. The molecule has 2 aromatic rings. The van der Waals surface area contributed by atoms with Gasteiger partial charge in [-0.3, -0.25) is 4.79 Å². The van der Waals surface area contributed by atoms with E-state index in [2.05, 4.69) is 0 Å². The van der Waals surface area contributed by atoms with Crippen LogP contribution in [0.25, 0.3) is 0 Å². The molecule has 0 fully saturated rings. The number of carbonyl (C=O) groups excluding carboxylic acids is 1. The molecule has 0 aliphatic heterocycles. The van der Waals surface area contributed by atoms with E-state index in [0.29, 0.717) is 0 Å². The Hall–Kier alpha value is -1.94. The van der Waals surface area contributed by atoms with E-state index in [1.54, 1.807) is 30.3 Å². The van der Waals surface area contributed by atoms with Gasteiger partial charge in [0.1, 0.15) is 0 Å². The fourth-order valence-electron chi connectivity index (χ4n) is 1.55. The number of hydrogen-bond donors (Lipinski definition) is 0. The number of sulfone groups is 1. The Morgan fingerprint density at radius 2 is 1.44 bits per heavy atom. The van der Waals surface area contributed by atoms with E-state index in [1.807, 2.05) is 6.92 Å². The summed E-state index contributed by atoms with van der Waals surface area (Å²) >= 11 is 0. The van der Waals surface area contributed by atoms with E-state index >= 15 is 0 Å². The third-order valence-corrected chi connectivity index (χ3v) is 4.20. The summed E-state index contributed by atoms with van der Waals surface area (Å²) in [5.74, 6) is 0. The van der Waals surface area contributed by atoms with Crippen molar-refractivity contribution in [1.29, 1.82) is 0 Å². The van der Waals surface area contributed by atoms with Crippen LogP contribution >= 0.6 is 0 Å². The zero-order valence-electron chi connectivity index (χ0n) is 9.83. The van der Waals surface area contributed by atoms with Gasteiger partial charge in [0, 0.05) is 5.56 Å². The van der Waals surface area contributed by atoms with E-state index in [4.69, 9.17) is 0 Å². The molecule has 0 atom stereocenters. The first kappa shape index (κ1) is 12.5. The van der Waals surface area contributed by atoms with Gasteiger partial charge in [0.25, 0.3) is 5.12 Å². The van der Waals surface area contributed by atoms with Crippen molar-refractivity contribution in [1.82, 2.24) is 0 Å². The minimum Gasteiger partial charge on any atom is -0.276 e. The van der Waals surface area contributed by atoms with Gasteiger partial charge in [0.2, 0.25) is 9.84 Å². The normalized spacial score (nSPS) is 11.2. The molecule has 0 spiro atoms. The summed E-state index contributed by atoms with van der Waals surface area (Å²) in [6.07, 6.45) is 0. The quantitative estimate of drug-likeness (QED) is 0.834. The molecule has 0 amide bonds. The van der Waals surface area contributed by atoms with E-state index < -0.39 is 15.0 Å². The highest BCUT2D eigenvalue weighted by atomic mass is 32.2. The second-order valence-corrected chi connectivity index (χ2v) is 5.82. The highest BCUT2D eigenvalue weighted by Crippen LogP contribution is 2.16. The third kappa shape index (κ3) is 2.33. The van der Waals surface area contributed by atoms with Crippen molar-refractivity contribution < 1.29 is 13.2 Å². The molecular formula is C14H12O3S. The topological polar surface area (TPSA) is 51.2 Å². The molecule has 0 unspecified atom stereocenters. The van der Waals surface area contributed by atoms with Crippen LogP contribution in [0.1, 0.15) is 15.9 Å². The lowest BCUT2D eigenvalue weighted by Gasteiger charge is -2.03. The minimum absolute atomic E-state index is 0.0237. The van der Waals surface area contributed by atoms with Crippen molar-refractivity contribution in [2.45, 2.75) is 11.8 Å². The van der Waals surface area contributed by atoms with E-state index in [1.165, 1.54) is 24.3 Å². The Balaban J connectivity index is 2.43. The van der Waals surface area contributed by atoms with Gasteiger partial charge in [-0.2, -0.15) is 0 Å². The molecule has 0 aliphatic carbocycles. The molecule has 0 bridgehead atoms. The first-order valence-corrected chi connectivity index (χ1v) is 6.91. The standard InChI is InChI=1S/C14H12O3S/c1-11-7-9-12(10-8-11)14(15)18(16,17)13-5-3-2-4-6-13/h2-10H,1H3. The number of rotatable bonds is 2. The summed E-state index contributed by atoms with van der Waals surface area (Å²) in [6.45, 7) is 1.87. The number of aryl methyl sites for hydroxylation is 1. The van der Waals surface area contributed by atoms with E-state index in [-0.39, 0.29) is 10.5 Å². The Labute approximate surface area is 106 Å². The zero-order chi connectivity index (χ0) is 13.2. The molecule has 0 heterocycles. The summed E-state index contributed by atoms with van der Waals surface area (Å²) in [5, 5.41) is -0.867. The Kier molecular flexibility index (Phi) is 3.30. The smallest absolute Gasteiger partial charge is 0.276 e. The molecule has 3 nitrogen and oxygen atoms in total.